The largest absolute Gasteiger partial charge is 0.481 e. The van der Waals surface area contributed by atoms with E-state index in [0.29, 0.717) is 31.4 Å². The van der Waals surface area contributed by atoms with Gasteiger partial charge in [0.15, 0.2) is 29.3 Å². The van der Waals surface area contributed by atoms with Crippen molar-refractivity contribution >= 4 is 53.0 Å². The van der Waals surface area contributed by atoms with Gasteiger partial charge >= 0.3 is 5.97 Å². The molecule has 0 aromatic heterocycles. The van der Waals surface area contributed by atoms with Crippen molar-refractivity contribution in [3.63, 3.8) is 0 Å². The topological polar surface area (TPSA) is 124 Å². The molecule has 0 atom stereocenters. The van der Waals surface area contributed by atoms with Gasteiger partial charge in [-0.3, -0.25) is 19.4 Å². The third-order valence-corrected chi connectivity index (χ3v) is 13.2. The lowest BCUT2D eigenvalue weighted by molar-refractivity contribution is -0.167. The Balaban J connectivity index is 2.78. The molecule has 2 amide bonds. The molecule has 1 fully saturated rings. The molecule has 0 spiro atoms. The maximum absolute atomic E-state index is 11.8. The minimum absolute atomic E-state index is 0.0205. The van der Waals surface area contributed by atoms with E-state index in [1.165, 1.54) is 0 Å². The molecule has 0 bridgehead atoms. The Kier molecular flexibility index (Phi) is 13.8. The highest BCUT2D eigenvalue weighted by molar-refractivity contribution is 6.74. The number of aliphatic carboxylic acids is 1. The van der Waals surface area contributed by atoms with Crippen LogP contribution in [0.2, 0.25) is 4.28 Å². The molecule has 0 aromatic carbocycles. The van der Waals surface area contributed by atoms with E-state index < -0.39 is 47.1 Å². The van der Waals surface area contributed by atoms with Crippen molar-refractivity contribution in [2.45, 2.75) is 63.6 Å². The number of hydrogen-bond donors (Lipinski definition) is 1. The smallest absolute Gasteiger partial charge is 0.303 e. The third kappa shape index (κ3) is 10.7. The van der Waals surface area contributed by atoms with Crippen LogP contribution < -0.4 is 0 Å². The summed E-state index contributed by atoms with van der Waals surface area (Å²) in [5.74, 6) is -1.76. The van der Waals surface area contributed by atoms with Crippen LogP contribution in [0.25, 0.3) is 0 Å². The number of imide groups is 1. The normalized spacial score (nSPS) is 17.8. The number of carboxylic acid groups (broad SMARTS) is 1. The van der Waals surface area contributed by atoms with Crippen LogP contribution in [-0.2, 0) is 32.5 Å². The number of aliphatic imine (C=N–C) groups is 1. The average Bonchev–Trinajstić information content (AvgIpc) is 3.07. The maximum atomic E-state index is 11.8. The molecule has 31 heavy (non-hydrogen) atoms. The minimum atomic E-state index is -0.998. The van der Waals surface area contributed by atoms with Gasteiger partial charge in [0, 0.05) is 49.9 Å². The number of hydroxylamine groups is 2. The van der Waals surface area contributed by atoms with Crippen molar-refractivity contribution in [2.24, 2.45) is 4.99 Å². The number of hydrogen-bond acceptors (Lipinski definition) is 8. The first-order valence-electron chi connectivity index (χ1n) is 10.9. The molecule has 0 aromatic rings. The Morgan fingerprint density at radius 3 is 1.97 bits per heavy atom. The van der Waals surface area contributed by atoms with Gasteiger partial charge in [-0.2, -0.15) is 0 Å². The van der Waals surface area contributed by atoms with Gasteiger partial charge in [0.25, 0.3) is 11.8 Å². The fraction of sp³-hybridized carbons (Fsp3) is 0.778. The van der Waals surface area contributed by atoms with E-state index in [-0.39, 0.29) is 35.9 Å². The summed E-state index contributed by atoms with van der Waals surface area (Å²) in [4.78, 5) is 44.3. The zero-order valence-corrected chi connectivity index (χ0v) is 23.1. The van der Waals surface area contributed by atoms with E-state index in [1.54, 1.807) is 0 Å². The fourth-order valence-electron chi connectivity index (χ4n) is 3.09. The Bertz CT molecular complexity index is 583. The maximum Gasteiger partial charge on any atom is 0.303 e. The molecule has 0 unspecified atom stereocenters. The number of amides is 2. The van der Waals surface area contributed by atoms with E-state index in [1.807, 2.05) is 20.8 Å². The van der Waals surface area contributed by atoms with Gasteiger partial charge in [0.2, 0.25) is 5.90 Å². The molecule has 1 N–H and O–H groups in total. The van der Waals surface area contributed by atoms with Gasteiger partial charge in [0.05, 0.1) is 6.42 Å². The lowest BCUT2D eigenvalue weighted by Crippen LogP contribution is -2.38. The number of nitrogens with zero attached hydrogens (tertiary/aromatic N) is 2. The van der Waals surface area contributed by atoms with Crippen molar-refractivity contribution in [2.75, 3.05) is 26.4 Å². The molecular weight excluding hydrogens is 456 g/mol. The van der Waals surface area contributed by atoms with E-state index >= 15 is 0 Å². The molecule has 0 radical (unpaired) electrons. The van der Waals surface area contributed by atoms with Crippen LogP contribution in [0.4, 0.5) is 0 Å². The van der Waals surface area contributed by atoms with Crippen LogP contribution in [0.3, 0.4) is 0 Å². The molecular formula is C18H36N2O8Si3. The molecule has 0 aliphatic carbocycles. The Hall–Kier alpha value is -1.39. The zero-order valence-electron chi connectivity index (χ0n) is 18.9. The predicted octanol–water partition coefficient (Wildman–Crippen LogP) is -0.455. The average molecular weight is 493 g/mol. The van der Waals surface area contributed by atoms with Crippen molar-refractivity contribution in [1.29, 1.82) is 0 Å². The summed E-state index contributed by atoms with van der Waals surface area (Å²) in [5, 5.41) is 9.67. The summed E-state index contributed by atoms with van der Waals surface area (Å²) < 4.78 is 17.8. The van der Waals surface area contributed by atoms with Gasteiger partial charge in [-0.15, -0.1) is 5.06 Å². The summed E-state index contributed by atoms with van der Waals surface area (Å²) in [7, 11) is -2.41. The van der Waals surface area contributed by atoms with Gasteiger partial charge in [-0.05, 0) is 33.6 Å². The molecule has 1 rings (SSSR count). The molecule has 10 nitrogen and oxygen atoms in total. The molecule has 0 saturated carbocycles. The first kappa shape index (κ1) is 27.6. The van der Waals surface area contributed by atoms with Crippen LogP contribution in [0.1, 0.15) is 59.3 Å². The lowest BCUT2D eigenvalue weighted by atomic mass is 10.3. The summed E-state index contributed by atoms with van der Waals surface area (Å²) in [6.07, 6.45) is 1.67. The van der Waals surface area contributed by atoms with E-state index in [2.05, 4.69) is 4.99 Å². The monoisotopic (exact) mass is 492 g/mol. The predicted molar refractivity (Wildman–Crippen MR) is 124 cm³/mol. The molecule has 13 heteroatoms. The number of carbonyl (C=O) groups excluding carboxylic acids is 2. The zero-order chi connectivity index (χ0) is 23.1. The van der Waals surface area contributed by atoms with Gasteiger partial charge in [-0.1, -0.05) is 0 Å². The molecule has 178 valence electrons. The standard InChI is InChI=1S/C18H36N2O8Si3/c1-4-25-29-18(30-26-5-2,31-27-6-3)12-7-13-19-14(8-11-17(23)24)28-20-15(21)9-10-16(20)22/h4-13,29-31H2,1-3H3,(H,23,24). The van der Waals surface area contributed by atoms with Crippen molar-refractivity contribution in [3.8, 4) is 0 Å². The summed E-state index contributed by atoms with van der Waals surface area (Å²) in [6.45, 7) is 8.49. The minimum Gasteiger partial charge on any atom is -0.481 e. The number of carbonyl (C=O) groups is 3. The van der Waals surface area contributed by atoms with E-state index in [0.717, 1.165) is 12.8 Å². The summed E-state index contributed by atoms with van der Waals surface area (Å²) in [5.41, 5.74) is 0. The highest BCUT2D eigenvalue weighted by Gasteiger charge is 2.34. The second-order valence-electron chi connectivity index (χ2n) is 7.36. The summed E-state index contributed by atoms with van der Waals surface area (Å²) in [6, 6.07) is 0. The first-order chi connectivity index (χ1) is 14.9. The van der Waals surface area contributed by atoms with Crippen LogP contribution in [0.5, 0.6) is 0 Å². The molecule has 1 aliphatic rings. The fourth-order valence-corrected chi connectivity index (χ4v) is 9.78. The highest BCUT2D eigenvalue weighted by Crippen LogP contribution is 2.29. The Morgan fingerprint density at radius 1 is 1.00 bits per heavy atom. The lowest BCUT2D eigenvalue weighted by Gasteiger charge is -2.31. The van der Waals surface area contributed by atoms with Crippen LogP contribution in [0.15, 0.2) is 4.99 Å². The van der Waals surface area contributed by atoms with E-state index in [9.17, 15) is 14.4 Å². The van der Waals surface area contributed by atoms with Gasteiger partial charge in [-0.25, -0.2) is 0 Å². The second kappa shape index (κ2) is 15.4. The van der Waals surface area contributed by atoms with Crippen molar-refractivity contribution in [1.82, 2.24) is 5.06 Å². The summed E-state index contributed by atoms with van der Waals surface area (Å²) >= 11 is 0. The Morgan fingerprint density at radius 2 is 1.52 bits per heavy atom. The SMILES string of the molecule is CCO[SiH2]C(CCCN=C(CCC(=O)O)ON1C(=O)CCC1=O)([SiH2]OCC)[SiH2]OCC. The first-order valence-corrected chi connectivity index (χ1v) is 14.7. The highest BCUT2D eigenvalue weighted by atomic mass is 28.4. The molecule has 1 aliphatic heterocycles. The van der Waals surface area contributed by atoms with Crippen LogP contribution >= 0.6 is 0 Å². The van der Waals surface area contributed by atoms with Crippen LogP contribution in [-0.4, -0.2) is 89.5 Å². The molecule has 1 saturated heterocycles. The van der Waals surface area contributed by atoms with E-state index in [4.69, 9.17) is 23.2 Å². The number of rotatable bonds is 17. The Labute approximate surface area is 190 Å². The van der Waals surface area contributed by atoms with Crippen LogP contribution in [0, 0.1) is 0 Å². The quantitative estimate of drug-likeness (QED) is 0.0951. The number of carboxylic acids is 1. The van der Waals surface area contributed by atoms with Crippen molar-refractivity contribution < 1.29 is 37.6 Å². The van der Waals surface area contributed by atoms with Crippen molar-refractivity contribution in [3.05, 3.63) is 0 Å². The van der Waals surface area contributed by atoms with Gasteiger partial charge < -0.3 is 23.2 Å². The van der Waals surface area contributed by atoms with Gasteiger partial charge in [0.1, 0.15) is 0 Å². The third-order valence-electron chi connectivity index (χ3n) is 4.75. The molecule has 1 heterocycles. The second-order valence-corrected chi connectivity index (χ2v) is 16.9.